The first-order chi connectivity index (χ1) is 6.82. The molecule has 0 aromatic heterocycles. The quantitative estimate of drug-likeness (QED) is 0.627. The van der Waals surface area contributed by atoms with Crippen LogP contribution in [0.2, 0.25) is 0 Å². The monoisotopic (exact) mass is 209 g/mol. The summed E-state index contributed by atoms with van der Waals surface area (Å²) in [6, 6.07) is 1.02. The van der Waals surface area contributed by atoms with E-state index in [1.54, 1.807) is 0 Å². The van der Waals surface area contributed by atoms with Gasteiger partial charge in [-0.3, -0.25) is 0 Å². The van der Waals surface area contributed by atoms with Crippen LogP contribution in [0.25, 0.3) is 0 Å². The van der Waals surface area contributed by atoms with Crippen LogP contribution in [0.3, 0.4) is 0 Å². The van der Waals surface area contributed by atoms with Gasteiger partial charge in [-0.25, -0.2) is 0 Å². The number of rotatable bonds is 7. The van der Waals surface area contributed by atoms with Crippen molar-refractivity contribution in [2.75, 3.05) is 0 Å². The van der Waals surface area contributed by atoms with Crippen LogP contribution < -0.4 is 5.32 Å². The zero-order valence-corrected chi connectivity index (χ0v) is 11.1. The molecular weight excluding hydrogens is 182 g/mol. The van der Waals surface area contributed by atoms with Crippen molar-refractivity contribution in [2.45, 2.75) is 59.5 Å². The summed E-state index contributed by atoms with van der Waals surface area (Å²) in [5, 5.41) is 3.58. The molecule has 2 atom stereocenters. The van der Waals surface area contributed by atoms with Gasteiger partial charge in [0.1, 0.15) is 0 Å². The van der Waals surface area contributed by atoms with Crippen LogP contribution in [0.1, 0.15) is 47.5 Å². The molecule has 0 aliphatic heterocycles. The van der Waals surface area contributed by atoms with Crippen LogP contribution >= 0.6 is 0 Å². The van der Waals surface area contributed by atoms with E-state index in [2.05, 4.69) is 53.1 Å². The average Bonchev–Trinajstić information content (AvgIpc) is 2.00. The topological polar surface area (TPSA) is 12.0 Å². The Hall–Kier alpha value is -0.560. The fourth-order valence-electron chi connectivity index (χ4n) is 1.76. The van der Waals surface area contributed by atoms with Crippen molar-refractivity contribution < 1.29 is 0 Å². The fraction of sp³-hybridized carbons (Fsp3) is 0.714. The summed E-state index contributed by atoms with van der Waals surface area (Å²) < 4.78 is 0. The van der Waals surface area contributed by atoms with E-state index in [1.165, 1.54) is 11.1 Å². The van der Waals surface area contributed by atoms with E-state index in [0.717, 1.165) is 12.8 Å². The largest absolute Gasteiger partial charge is 0.311 e. The lowest BCUT2D eigenvalue weighted by Crippen LogP contribution is -2.35. The second-order valence-electron chi connectivity index (χ2n) is 5.15. The Morgan fingerprint density at radius 3 is 1.87 bits per heavy atom. The Balaban J connectivity index is 3.87. The van der Waals surface area contributed by atoms with Gasteiger partial charge in [0.15, 0.2) is 0 Å². The highest BCUT2D eigenvalue weighted by Crippen LogP contribution is 2.14. The van der Waals surface area contributed by atoms with E-state index in [-0.39, 0.29) is 0 Å². The standard InChI is InChI=1S/C14H27N/c1-10(2)8-13(6)15-14(7)9-12(5)11(3)4/h11,13-15H,1,5,8-9H2,2-4,6-7H3. The van der Waals surface area contributed by atoms with Gasteiger partial charge in [0, 0.05) is 12.1 Å². The third kappa shape index (κ3) is 7.38. The van der Waals surface area contributed by atoms with E-state index in [1.807, 2.05) is 0 Å². The van der Waals surface area contributed by atoms with E-state index in [4.69, 9.17) is 0 Å². The lowest BCUT2D eigenvalue weighted by molar-refractivity contribution is 0.452. The molecule has 0 radical (unpaired) electrons. The van der Waals surface area contributed by atoms with Crippen molar-refractivity contribution in [3.8, 4) is 0 Å². The maximum Gasteiger partial charge on any atom is 0.00785 e. The molecule has 0 rings (SSSR count). The minimum Gasteiger partial charge on any atom is -0.311 e. The van der Waals surface area contributed by atoms with Crippen LogP contribution in [0.5, 0.6) is 0 Å². The molecule has 0 amide bonds. The van der Waals surface area contributed by atoms with Crippen LogP contribution in [-0.2, 0) is 0 Å². The van der Waals surface area contributed by atoms with Crippen LogP contribution in [0, 0.1) is 5.92 Å². The Kier molecular flexibility index (Phi) is 6.58. The minimum atomic E-state index is 0.509. The molecule has 0 aromatic rings. The van der Waals surface area contributed by atoms with Gasteiger partial charge in [0.25, 0.3) is 0 Å². The van der Waals surface area contributed by atoms with Gasteiger partial charge in [0.2, 0.25) is 0 Å². The summed E-state index contributed by atoms with van der Waals surface area (Å²) in [5.74, 6) is 0.589. The smallest absolute Gasteiger partial charge is 0.00785 e. The Morgan fingerprint density at radius 2 is 1.47 bits per heavy atom. The molecule has 1 N–H and O–H groups in total. The molecule has 0 aromatic carbocycles. The van der Waals surface area contributed by atoms with Crippen molar-refractivity contribution in [3.63, 3.8) is 0 Å². The second-order valence-corrected chi connectivity index (χ2v) is 5.15. The van der Waals surface area contributed by atoms with Gasteiger partial charge < -0.3 is 5.32 Å². The van der Waals surface area contributed by atoms with Crippen molar-refractivity contribution >= 4 is 0 Å². The van der Waals surface area contributed by atoms with E-state index >= 15 is 0 Å². The predicted molar refractivity (Wildman–Crippen MR) is 70.1 cm³/mol. The highest BCUT2D eigenvalue weighted by molar-refractivity contribution is 5.00. The van der Waals surface area contributed by atoms with Gasteiger partial charge in [0.05, 0.1) is 0 Å². The maximum atomic E-state index is 4.10. The zero-order chi connectivity index (χ0) is 12.0. The molecule has 0 saturated carbocycles. The zero-order valence-electron chi connectivity index (χ0n) is 11.1. The van der Waals surface area contributed by atoms with Crippen LogP contribution in [0.4, 0.5) is 0 Å². The first kappa shape index (κ1) is 14.4. The summed E-state index contributed by atoms with van der Waals surface area (Å²) >= 11 is 0. The third-order valence-corrected chi connectivity index (χ3v) is 2.61. The molecule has 0 heterocycles. The molecule has 0 bridgehead atoms. The minimum absolute atomic E-state index is 0.509. The van der Waals surface area contributed by atoms with Crippen molar-refractivity contribution in [2.24, 2.45) is 5.92 Å². The molecule has 1 nitrogen and oxygen atoms in total. The number of hydrogen-bond donors (Lipinski definition) is 1. The van der Waals surface area contributed by atoms with Gasteiger partial charge >= 0.3 is 0 Å². The molecule has 2 unspecified atom stereocenters. The molecule has 15 heavy (non-hydrogen) atoms. The summed E-state index contributed by atoms with van der Waals surface area (Å²) in [4.78, 5) is 0. The highest BCUT2D eigenvalue weighted by Gasteiger charge is 2.10. The first-order valence-corrected chi connectivity index (χ1v) is 5.91. The molecule has 0 saturated heterocycles. The molecule has 0 aliphatic carbocycles. The average molecular weight is 209 g/mol. The fourth-order valence-corrected chi connectivity index (χ4v) is 1.76. The first-order valence-electron chi connectivity index (χ1n) is 5.91. The molecule has 1 heteroatoms. The van der Waals surface area contributed by atoms with Gasteiger partial charge in [-0.1, -0.05) is 31.6 Å². The van der Waals surface area contributed by atoms with Crippen LogP contribution in [0.15, 0.2) is 24.3 Å². The number of hydrogen-bond acceptors (Lipinski definition) is 1. The molecule has 88 valence electrons. The Labute approximate surface area is 95.7 Å². The molecular formula is C14H27N. The van der Waals surface area contributed by atoms with Crippen molar-refractivity contribution in [3.05, 3.63) is 24.3 Å². The van der Waals surface area contributed by atoms with E-state index < -0.39 is 0 Å². The van der Waals surface area contributed by atoms with Crippen molar-refractivity contribution in [1.82, 2.24) is 5.32 Å². The maximum absolute atomic E-state index is 4.10. The van der Waals surface area contributed by atoms with Gasteiger partial charge in [-0.2, -0.15) is 0 Å². The predicted octanol–water partition coefficient (Wildman–Crippen LogP) is 3.92. The lowest BCUT2D eigenvalue weighted by atomic mass is 9.98. The molecule has 0 fully saturated rings. The van der Waals surface area contributed by atoms with Crippen LogP contribution in [-0.4, -0.2) is 12.1 Å². The number of nitrogens with one attached hydrogen (secondary N) is 1. The van der Waals surface area contributed by atoms with E-state index in [9.17, 15) is 0 Å². The second kappa shape index (κ2) is 6.84. The highest BCUT2D eigenvalue weighted by atomic mass is 14.9. The molecule has 0 spiro atoms. The van der Waals surface area contributed by atoms with Gasteiger partial charge in [-0.05, 0) is 39.5 Å². The summed E-state index contributed by atoms with van der Waals surface area (Å²) in [6.45, 7) is 19.0. The van der Waals surface area contributed by atoms with Gasteiger partial charge in [-0.15, -0.1) is 6.58 Å². The molecule has 0 aliphatic rings. The normalized spacial score (nSPS) is 15.1. The SMILES string of the molecule is C=C(C)CC(C)NC(C)CC(=C)C(C)C. The summed E-state index contributed by atoms with van der Waals surface area (Å²) in [7, 11) is 0. The summed E-state index contributed by atoms with van der Waals surface area (Å²) in [6.07, 6.45) is 2.12. The van der Waals surface area contributed by atoms with E-state index in [0.29, 0.717) is 18.0 Å². The van der Waals surface area contributed by atoms with Crippen molar-refractivity contribution in [1.29, 1.82) is 0 Å². The Morgan fingerprint density at radius 1 is 1.00 bits per heavy atom. The Bertz CT molecular complexity index is 215. The summed E-state index contributed by atoms with van der Waals surface area (Å²) in [5.41, 5.74) is 2.57. The third-order valence-electron chi connectivity index (χ3n) is 2.61. The lowest BCUT2D eigenvalue weighted by Gasteiger charge is -2.22.